The molecule has 0 saturated carbocycles. The number of carbonyl (C=O) groups is 2. The molecule has 0 bridgehead atoms. The van der Waals surface area contributed by atoms with Gasteiger partial charge < -0.3 is 0 Å². The summed E-state index contributed by atoms with van der Waals surface area (Å²) in [4.78, 5) is 24.6. The molecule has 0 atom stereocenters. The van der Waals surface area contributed by atoms with Crippen LogP contribution in [0.1, 0.15) is 41.2 Å². The number of hydrazine groups is 1. The summed E-state index contributed by atoms with van der Waals surface area (Å²) in [5.74, 6) is 0.0673. The summed E-state index contributed by atoms with van der Waals surface area (Å²) in [5.41, 5.74) is 4.82. The SMILES string of the molecule is Cc1ccc(C(=O)NNC(=O)CCC(C)C)s1. The van der Waals surface area contributed by atoms with Crippen LogP contribution in [0.5, 0.6) is 0 Å². The van der Waals surface area contributed by atoms with Crippen LogP contribution in [-0.4, -0.2) is 11.8 Å². The van der Waals surface area contributed by atoms with E-state index in [2.05, 4.69) is 24.7 Å². The zero-order valence-electron chi connectivity index (χ0n) is 10.4. The van der Waals surface area contributed by atoms with Crippen LogP contribution in [0.2, 0.25) is 0 Å². The summed E-state index contributed by atoms with van der Waals surface area (Å²) in [5, 5.41) is 0. The molecule has 0 saturated heterocycles. The van der Waals surface area contributed by atoms with E-state index in [-0.39, 0.29) is 11.8 Å². The van der Waals surface area contributed by atoms with Crippen LogP contribution >= 0.6 is 11.3 Å². The molecule has 0 aliphatic carbocycles. The van der Waals surface area contributed by atoms with Gasteiger partial charge in [-0.2, -0.15) is 0 Å². The largest absolute Gasteiger partial charge is 0.279 e. The standard InChI is InChI=1S/C12H18N2O2S/c1-8(2)4-7-11(15)13-14-12(16)10-6-5-9(3)17-10/h5-6,8H,4,7H2,1-3H3,(H,13,15)(H,14,16). The van der Waals surface area contributed by atoms with E-state index in [1.165, 1.54) is 11.3 Å². The highest BCUT2D eigenvalue weighted by atomic mass is 32.1. The molecule has 1 heterocycles. The predicted molar refractivity (Wildman–Crippen MR) is 68.7 cm³/mol. The zero-order valence-corrected chi connectivity index (χ0v) is 11.2. The molecule has 1 aromatic rings. The second-order valence-corrected chi connectivity index (χ2v) is 5.63. The lowest BCUT2D eigenvalue weighted by Crippen LogP contribution is -2.41. The molecule has 4 nitrogen and oxygen atoms in total. The fraction of sp³-hybridized carbons (Fsp3) is 0.500. The average molecular weight is 254 g/mol. The molecule has 0 fully saturated rings. The predicted octanol–water partition coefficient (Wildman–Crippen LogP) is 2.25. The van der Waals surface area contributed by atoms with Gasteiger partial charge in [0.15, 0.2) is 0 Å². The highest BCUT2D eigenvalue weighted by molar-refractivity contribution is 7.13. The number of nitrogens with one attached hydrogen (secondary N) is 2. The van der Waals surface area contributed by atoms with Crippen molar-refractivity contribution in [2.24, 2.45) is 5.92 Å². The number of carbonyl (C=O) groups excluding carboxylic acids is 2. The molecule has 94 valence electrons. The van der Waals surface area contributed by atoms with Gasteiger partial charge in [0.2, 0.25) is 5.91 Å². The summed E-state index contributed by atoms with van der Waals surface area (Å²) < 4.78 is 0. The lowest BCUT2D eigenvalue weighted by molar-refractivity contribution is -0.122. The maximum absolute atomic E-state index is 11.6. The summed E-state index contributed by atoms with van der Waals surface area (Å²) in [6.45, 7) is 6.04. The molecule has 0 spiro atoms. The summed E-state index contributed by atoms with van der Waals surface area (Å²) in [6.07, 6.45) is 1.25. The first-order valence-electron chi connectivity index (χ1n) is 5.64. The molecule has 5 heteroatoms. The lowest BCUT2D eigenvalue weighted by atomic mass is 10.1. The normalized spacial score (nSPS) is 10.4. The Balaban J connectivity index is 2.31. The number of thiophene rings is 1. The molecule has 0 unspecified atom stereocenters. The van der Waals surface area contributed by atoms with Crippen molar-refractivity contribution < 1.29 is 9.59 Å². The Bertz CT molecular complexity index is 399. The molecule has 1 aromatic heterocycles. The molecule has 0 aliphatic rings. The van der Waals surface area contributed by atoms with E-state index >= 15 is 0 Å². The van der Waals surface area contributed by atoms with Crippen LogP contribution in [0.4, 0.5) is 0 Å². The summed E-state index contributed by atoms with van der Waals surface area (Å²) in [7, 11) is 0. The first-order valence-corrected chi connectivity index (χ1v) is 6.46. The third-order valence-corrected chi connectivity index (χ3v) is 3.23. The van der Waals surface area contributed by atoms with E-state index in [0.717, 1.165) is 11.3 Å². The highest BCUT2D eigenvalue weighted by Gasteiger charge is 2.09. The second kappa shape index (κ2) is 6.39. The van der Waals surface area contributed by atoms with Crippen molar-refractivity contribution in [1.82, 2.24) is 10.9 Å². The van der Waals surface area contributed by atoms with Gasteiger partial charge in [-0.1, -0.05) is 13.8 Å². The Kier molecular flexibility index (Phi) is 5.15. The Morgan fingerprint density at radius 2 is 2.00 bits per heavy atom. The summed E-state index contributed by atoms with van der Waals surface area (Å²) >= 11 is 1.40. The third-order valence-electron chi connectivity index (χ3n) is 2.23. The van der Waals surface area contributed by atoms with E-state index < -0.39 is 0 Å². The van der Waals surface area contributed by atoms with Gasteiger partial charge in [-0.15, -0.1) is 11.3 Å². The molecule has 0 aromatic carbocycles. The van der Waals surface area contributed by atoms with Crippen molar-refractivity contribution in [1.29, 1.82) is 0 Å². The van der Waals surface area contributed by atoms with E-state index in [4.69, 9.17) is 0 Å². The van der Waals surface area contributed by atoms with Crippen molar-refractivity contribution in [3.63, 3.8) is 0 Å². The minimum absolute atomic E-state index is 0.152. The Labute approximate surface area is 105 Å². The van der Waals surface area contributed by atoms with Crippen LogP contribution in [0.25, 0.3) is 0 Å². The number of aryl methyl sites for hydroxylation is 1. The van der Waals surface area contributed by atoms with Crippen LogP contribution in [0.15, 0.2) is 12.1 Å². The average Bonchev–Trinajstić information content (AvgIpc) is 2.70. The molecular weight excluding hydrogens is 236 g/mol. The number of rotatable bonds is 4. The Hall–Kier alpha value is -1.36. The molecule has 0 aliphatic heterocycles. The maximum atomic E-state index is 11.6. The first kappa shape index (κ1) is 13.7. The topological polar surface area (TPSA) is 58.2 Å². The minimum Gasteiger partial charge on any atom is -0.273 e. The van der Waals surface area contributed by atoms with Crippen LogP contribution in [0, 0.1) is 12.8 Å². The number of amides is 2. The van der Waals surface area contributed by atoms with Gasteiger partial charge in [-0.25, -0.2) is 0 Å². The molecule has 0 radical (unpaired) electrons. The fourth-order valence-electron chi connectivity index (χ4n) is 1.23. The van der Waals surface area contributed by atoms with Crippen molar-refractivity contribution in [3.05, 3.63) is 21.9 Å². The van der Waals surface area contributed by atoms with E-state index in [0.29, 0.717) is 17.2 Å². The van der Waals surface area contributed by atoms with Crippen molar-refractivity contribution in [2.75, 3.05) is 0 Å². The van der Waals surface area contributed by atoms with Crippen molar-refractivity contribution in [3.8, 4) is 0 Å². The summed E-state index contributed by atoms with van der Waals surface area (Å²) in [6, 6.07) is 3.62. The van der Waals surface area contributed by atoms with Gasteiger partial charge in [0.1, 0.15) is 0 Å². The van der Waals surface area contributed by atoms with E-state index in [1.54, 1.807) is 6.07 Å². The van der Waals surface area contributed by atoms with Gasteiger partial charge in [-0.3, -0.25) is 20.4 Å². The highest BCUT2D eigenvalue weighted by Crippen LogP contribution is 2.14. The molecule has 1 rings (SSSR count). The first-order chi connectivity index (χ1) is 7.99. The van der Waals surface area contributed by atoms with Gasteiger partial charge in [-0.05, 0) is 31.4 Å². The third kappa shape index (κ3) is 4.99. The van der Waals surface area contributed by atoms with Gasteiger partial charge in [0.05, 0.1) is 4.88 Å². The second-order valence-electron chi connectivity index (χ2n) is 4.35. The smallest absolute Gasteiger partial charge is 0.273 e. The molecule has 17 heavy (non-hydrogen) atoms. The van der Waals surface area contributed by atoms with E-state index in [9.17, 15) is 9.59 Å². The lowest BCUT2D eigenvalue weighted by Gasteiger charge is -2.07. The van der Waals surface area contributed by atoms with Gasteiger partial charge >= 0.3 is 0 Å². The van der Waals surface area contributed by atoms with E-state index in [1.807, 2.05) is 13.0 Å². The maximum Gasteiger partial charge on any atom is 0.279 e. The van der Waals surface area contributed by atoms with Crippen LogP contribution in [0.3, 0.4) is 0 Å². The van der Waals surface area contributed by atoms with Crippen molar-refractivity contribution >= 4 is 23.2 Å². The Morgan fingerprint density at radius 1 is 1.29 bits per heavy atom. The fourth-order valence-corrected chi connectivity index (χ4v) is 1.99. The number of hydrogen-bond acceptors (Lipinski definition) is 3. The molecule has 2 N–H and O–H groups in total. The molecular formula is C12H18N2O2S. The quantitative estimate of drug-likeness (QED) is 0.810. The van der Waals surface area contributed by atoms with Crippen molar-refractivity contribution in [2.45, 2.75) is 33.6 Å². The monoisotopic (exact) mass is 254 g/mol. The molecule has 2 amide bonds. The van der Waals surface area contributed by atoms with Gasteiger partial charge in [0, 0.05) is 11.3 Å². The number of hydrogen-bond donors (Lipinski definition) is 2. The van der Waals surface area contributed by atoms with Gasteiger partial charge in [0.25, 0.3) is 5.91 Å². The van der Waals surface area contributed by atoms with Crippen LogP contribution < -0.4 is 10.9 Å². The Morgan fingerprint density at radius 3 is 2.53 bits per heavy atom. The van der Waals surface area contributed by atoms with Crippen LogP contribution in [-0.2, 0) is 4.79 Å². The zero-order chi connectivity index (χ0) is 12.8. The minimum atomic E-state index is -0.263.